The van der Waals surface area contributed by atoms with Crippen LogP contribution in [-0.2, 0) is 4.79 Å². The topological polar surface area (TPSA) is 115 Å². The summed E-state index contributed by atoms with van der Waals surface area (Å²) in [6, 6.07) is 11.8. The van der Waals surface area contributed by atoms with Gasteiger partial charge in [-0.05, 0) is 43.2 Å². The van der Waals surface area contributed by atoms with E-state index in [-0.39, 0.29) is 24.4 Å². The molecule has 1 fully saturated rings. The zero-order chi connectivity index (χ0) is 22.2. The number of aromatic amines is 1. The van der Waals surface area contributed by atoms with Crippen molar-refractivity contribution >= 4 is 34.7 Å². The minimum atomic E-state index is -0.449. The second-order valence-corrected chi connectivity index (χ2v) is 8.01. The summed E-state index contributed by atoms with van der Waals surface area (Å²) < 4.78 is 0. The fourth-order valence-electron chi connectivity index (χ4n) is 4.28. The number of imide groups is 1. The number of piperidine rings is 1. The average molecular weight is 431 g/mol. The van der Waals surface area contributed by atoms with Crippen LogP contribution in [0.1, 0.15) is 43.9 Å². The van der Waals surface area contributed by atoms with E-state index in [1.165, 1.54) is 0 Å². The Hall–Kier alpha value is -4.01. The van der Waals surface area contributed by atoms with Crippen molar-refractivity contribution in [3.05, 3.63) is 65.5 Å². The number of carbonyl (C=O) groups excluding carboxylic acids is 4. The number of rotatable bonds is 4. The van der Waals surface area contributed by atoms with E-state index in [2.05, 4.69) is 15.3 Å². The first-order chi connectivity index (χ1) is 15.5. The molecule has 2 N–H and O–H groups in total. The summed E-state index contributed by atoms with van der Waals surface area (Å²) >= 11 is 0. The van der Waals surface area contributed by atoms with Crippen molar-refractivity contribution in [3.8, 4) is 0 Å². The Kier molecular flexibility index (Phi) is 4.93. The largest absolute Gasteiger partial charge is 0.352 e. The van der Waals surface area contributed by atoms with E-state index in [0.29, 0.717) is 42.6 Å². The van der Waals surface area contributed by atoms with Crippen LogP contribution in [0.15, 0.2) is 48.8 Å². The molecule has 0 unspecified atom stereocenters. The number of imidazole rings is 1. The van der Waals surface area contributed by atoms with Crippen molar-refractivity contribution in [2.75, 3.05) is 19.6 Å². The second kappa shape index (κ2) is 7.92. The predicted octanol–water partition coefficient (Wildman–Crippen LogP) is 1.58. The molecule has 0 saturated carbocycles. The maximum Gasteiger partial charge on any atom is 0.262 e. The highest BCUT2D eigenvalue weighted by atomic mass is 16.2. The van der Waals surface area contributed by atoms with Crippen LogP contribution in [0, 0.1) is 0 Å². The molecule has 2 aliphatic heterocycles. The van der Waals surface area contributed by atoms with Gasteiger partial charge in [0.1, 0.15) is 6.54 Å². The Morgan fingerprint density at radius 2 is 1.72 bits per heavy atom. The van der Waals surface area contributed by atoms with E-state index < -0.39 is 11.8 Å². The third-order valence-electron chi connectivity index (χ3n) is 5.99. The normalized spacial score (nSPS) is 16.5. The van der Waals surface area contributed by atoms with E-state index in [0.717, 1.165) is 15.9 Å². The van der Waals surface area contributed by atoms with E-state index in [1.807, 2.05) is 6.07 Å². The summed E-state index contributed by atoms with van der Waals surface area (Å²) in [6.45, 7) is 0.714. The van der Waals surface area contributed by atoms with Gasteiger partial charge in [-0.25, -0.2) is 4.98 Å². The maximum atomic E-state index is 12.8. The van der Waals surface area contributed by atoms with Gasteiger partial charge in [-0.2, -0.15) is 0 Å². The lowest BCUT2D eigenvalue weighted by molar-refractivity contribution is -0.122. The van der Waals surface area contributed by atoms with Gasteiger partial charge < -0.3 is 15.2 Å². The molecule has 162 valence electrons. The summed E-state index contributed by atoms with van der Waals surface area (Å²) in [5.74, 6) is -1.34. The molecule has 9 heteroatoms. The molecule has 4 amide bonds. The first kappa shape index (κ1) is 19.9. The molecule has 32 heavy (non-hydrogen) atoms. The first-order valence-electron chi connectivity index (χ1n) is 10.5. The molecule has 5 rings (SSSR count). The Morgan fingerprint density at radius 1 is 1.03 bits per heavy atom. The van der Waals surface area contributed by atoms with Crippen molar-refractivity contribution < 1.29 is 19.2 Å². The Labute approximate surface area is 183 Å². The van der Waals surface area contributed by atoms with Crippen molar-refractivity contribution in [2.45, 2.75) is 18.9 Å². The molecular weight excluding hydrogens is 410 g/mol. The maximum absolute atomic E-state index is 12.8. The van der Waals surface area contributed by atoms with Gasteiger partial charge in [-0.3, -0.25) is 24.1 Å². The lowest BCUT2D eigenvalue weighted by Crippen LogP contribution is -2.49. The van der Waals surface area contributed by atoms with Crippen LogP contribution in [0.4, 0.5) is 0 Å². The molecule has 9 nitrogen and oxygen atoms in total. The van der Waals surface area contributed by atoms with Crippen LogP contribution in [0.5, 0.6) is 0 Å². The van der Waals surface area contributed by atoms with Gasteiger partial charge in [-0.1, -0.05) is 12.1 Å². The number of aromatic nitrogens is 2. The van der Waals surface area contributed by atoms with Gasteiger partial charge in [0, 0.05) is 24.7 Å². The fourth-order valence-corrected chi connectivity index (χ4v) is 4.28. The Balaban J connectivity index is 1.15. The summed E-state index contributed by atoms with van der Waals surface area (Å²) in [7, 11) is 0. The van der Waals surface area contributed by atoms with Crippen LogP contribution < -0.4 is 5.32 Å². The number of likely N-dealkylation sites (tertiary alicyclic amines) is 1. The van der Waals surface area contributed by atoms with Gasteiger partial charge in [0.05, 0.1) is 28.5 Å². The lowest BCUT2D eigenvalue weighted by atomic mass is 10.0. The monoisotopic (exact) mass is 431 g/mol. The number of fused-ring (bicyclic) bond motifs is 2. The molecule has 1 aromatic heterocycles. The van der Waals surface area contributed by atoms with Crippen molar-refractivity contribution in [2.24, 2.45) is 0 Å². The summed E-state index contributed by atoms with van der Waals surface area (Å²) in [6.07, 6.45) is 2.80. The van der Waals surface area contributed by atoms with Crippen molar-refractivity contribution in [1.82, 2.24) is 25.1 Å². The third-order valence-corrected chi connectivity index (χ3v) is 5.99. The molecule has 0 spiro atoms. The molecule has 3 heterocycles. The van der Waals surface area contributed by atoms with Crippen LogP contribution in [0.25, 0.3) is 11.0 Å². The van der Waals surface area contributed by atoms with Crippen LogP contribution in [0.2, 0.25) is 0 Å². The molecular formula is C23H21N5O4. The lowest BCUT2D eigenvalue weighted by Gasteiger charge is -2.32. The number of nitrogens with one attached hydrogen (secondary N) is 2. The van der Waals surface area contributed by atoms with E-state index in [4.69, 9.17) is 0 Å². The van der Waals surface area contributed by atoms with E-state index in [1.54, 1.807) is 47.6 Å². The quantitative estimate of drug-likeness (QED) is 0.609. The van der Waals surface area contributed by atoms with Crippen molar-refractivity contribution in [1.29, 1.82) is 0 Å². The number of nitrogens with zero attached hydrogens (tertiary/aromatic N) is 3. The number of carbonyl (C=O) groups is 4. The molecule has 1 saturated heterocycles. The third kappa shape index (κ3) is 3.51. The smallest absolute Gasteiger partial charge is 0.262 e. The standard InChI is InChI=1S/C23H21N5O4/c29-20(12-28-22(31)16-3-1-2-4-17(16)23(28)32)26-15-7-9-27(10-8-15)21(30)14-5-6-18-19(11-14)25-13-24-18/h1-6,11,13,15H,7-10,12H2,(H,24,25)(H,26,29). The molecule has 2 aliphatic rings. The Morgan fingerprint density at radius 3 is 2.41 bits per heavy atom. The van der Waals surface area contributed by atoms with Gasteiger partial charge >= 0.3 is 0 Å². The van der Waals surface area contributed by atoms with E-state index >= 15 is 0 Å². The molecule has 0 radical (unpaired) electrons. The average Bonchev–Trinajstić information content (AvgIpc) is 3.38. The summed E-state index contributed by atoms with van der Waals surface area (Å²) in [5, 5.41) is 2.90. The molecule has 3 aromatic rings. The number of amides is 4. The predicted molar refractivity (Wildman–Crippen MR) is 115 cm³/mol. The zero-order valence-corrected chi connectivity index (χ0v) is 17.2. The number of hydrogen-bond donors (Lipinski definition) is 2. The van der Waals surface area contributed by atoms with E-state index in [9.17, 15) is 19.2 Å². The van der Waals surface area contributed by atoms with Gasteiger partial charge in [0.2, 0.25) is 5.91 Å². The SMILES string of the molecule is O=C(CN1C(=O)c2ccccc2C1=O)NC1CCN(C(=O)c2ccc3nc[nH]c3c2)CC1. The minimum Gasteiger partial charge on any atom is -0.352 e. The van der Waals surface area contributed by atoms with Gasteiger partial charge in [-0.15, -0.1) is 0 Å². The molecule has 0 aliphatic carbocycles. The molecule has 0 bridgehead atoms. The number of H-pyrrole nitrogens is 1. The number of hydrogen-bond acceptors (Lipinski definition) is 5. The highest BCUT2D eigenvalue weighted by molar-refractivity contribution is 6.22. The Bertz CT molecular complexity index is 1210. The molecule has 2 aromatic carbocycles. The van der Waals surface area contributed by atoms with Crippen LogP contribution in [0.3, 0.4) is 0 Å². The van der Waals surface area contributed by atoms with Crippen LogP contribution in [-0.4, -0.2) is 69.1 Å². The van der Waals surface area contributed by atoms with Gasteiger partial charge in [0.25, 0.3) is 17.7 Å². The van der Waals surface area contributed by atoms with Gasteiger partial charge in [0.15, 0.2) is 0 Å². The second-order valence-electron chi connectivity index (χ2n) is 8.01. The summed E-state index contributed by atoms with van der Waals surface area (Å²) in [5.41, 5.74) is 2.86. The highest BCUT2D eigenvalue weighted by Gasteiger charge is 2.36. The number of benzene rings is 2. The fraction of sp³-hybridized carbons (Fsp3) is 0.261. The molecule has 0 atom stereocenters. The zero-order valence-electron chi connectivity index (χ0n) is 17.2. The highest BCUT2D eigenvalue weighted by Crippen LogP contribution is 2.22. The van der Waals surface area contributed by atoms with Crippen LogP contribution >= 0.6 is 0 Å². The summed E-state index contributed by atoms with van der Waals surface area (Å²) in [4.78, 5) is 60.1. The first-order valence-corrected chi connectivity index (χ1v) is 10.5. The van der Waals surface area contributed by atoms with Crippen molar-refractivity contribution in [3.63, 3.8) is 0 Å². The minimum absolute atomic E-state index is 0.0581.